The van der Waals surface area contributed by atoms with Gasteiger partial charge in [-0.3, -0.25) is 10.00 Å². The summed E-state index contributed by atoms with van der Waals surface area (Å²) < 4.78 is 45.8. The number of piperazine rings is 1. The molecule has 7 nitrogen and oxygen atoms in total. The van der Waals surface area contributed by atoms with Gasteiger partial charge in [0.15, 0.2) is 0 Å². The lowest BCUT2D eigenvalue weighted by atomic mass is 10.0. The summed E-state index contributed by atoms with van der Waals surface area (Å²) >= 11 is 1.64. The summed E-state index contributed by atoms with van der Waals surface area (Å²) in [6.07, 6.45) is -2.60. The molecule has 0 saturated carbocycles. The van der Waals surface area contributed by atoms with Gasteiger partial charge in [-0.2, -0.15) is 18.3 Å². The van der Waals surface area contributed by atoms with E-state index < -0.39 is 17.8 Å². The number of hydrogen-bond acceptors (Lipinski definition) is 7. The zero-order valence-electron chi connectivity index (χ0n) is 23.4. The molecule has 2 N–H and O–H groups in total. The molecule has 0 aliphatic carbocycles. The number of halogens is 3. The number of aliphatic hydroxyl groups excluding tert-OH is 1. The molecule has 1 aliphatic rings. The van der Waals surface area contributed by atoms with Gasteiger partial charge < -0.3 is 14.7 Å². The fraction of sp³-hybridized carbons (Fsp3) is 0.312. The molecule has 1 fully saturated rings. The number of hydrogen-bond donors (Lipinski definition) is 2. The summed E-state index contributed by atoms with van der Waals surface area (Å²) in [6.45, 7) is 4.93. The van der Waals surface area contributed by atoms with E-state index in [1.165, 1.54) is 12.1 Å². The standard InChI is InChI=1S/C32H32F3N5O2S/c33-32(34,35)24-8-6-22(7-9-24)27-19-36-38-28(27)12-13-39-14-16-40(17-15-39)20-25(41)21-42-26-10-11-30-29(18-26)37-31(43-30)23-4-2-1-3-5-23/h1-11,18-19,25,41H,12-17,20-21H2,(H,36,38)/t25-/m0/s1. The Balaban J connectivity index is 0.943. The van der Waals surface area contributed by atoms with Crippen molar-refractivity contribution in [2.75, 3.05) is 45.9 Å². The summed E-state index contributed by atoms with van der Waals surface area (Å²) in [5.41, 5.74) is 3.74. The van der Waals surface area contributed by atoms with E-state index in [1.54, 1.807) is 17.5 Å². The van der Waals surface area contributed by atoms with Gasteiger partial charge >= 0.3 is 6.18 Å². The van der Waals surface area contributed by atoms with Crippen molar-refractivity contribution in [3.8, 4) is 27.4 Å². The van der Waals surface area contributed by atoms with E-state index in [2.05, 4.69) is 20.0 Å². The quantitative estimate of drug-likeness (QED) is 0.204. The van der Waals surface area contributed by atoms with Crippen LogP contribution in [0.3, 0.4) is 0 Å². The summed E-state index contributed by atoms with van der Waals surface area (Å²) in [7, 11) is 0. The first-order chi connectivity index (χ1) is 20.8. The molecule has 43 heavy (non-hydrogen) atoms. The topological polar surface area (TPSA) is 77.5 Å². The third-order valence-corrected chi connectivity index (χ3v) is 8.76. The average Bonchev–Trinajstić information content (AvgIpc) is 3.67. The molecule has 5 aromatic rings. The second kappa shape index (κ2) is 12.8. The van der Waals surface area contributed by atoms with Gasteiger partial charge in [-0.1, -0.05) is 42.5 Å². The Labute approximate surface area is 251 Å². The molecule has 0 spiro atoms. The van der Waals surface area contributed by atoms with Crippen molar-refractivity contribution in [3.05, 3.63) is 90.3 Å². The van der Waals surface area contributed by atoms with Gasteiger partial charge in [0.25, 0.3) is 0 Å². The van der Waals surface area contributed by atoms with Crippen LogP contribution in [0.4, 0.5) is 13.2 Å². The number of H-pyrrole nitrogens is 1. The molecule has 0 unspecified atom stereocenters. The Hall–Kier alpha value is -3.77. The number of benzene rings is 3. The monoisotopic (exact) mass is 607 g/mol. The number of nitrogens with one attached hydrogen (secondary N) is 1. The Morgan fingerprint density at radius 1 is 0.930 bits per heavy atom. The van der Waals surface area contributed by atoms with Gasteiger partial charge in [0.1, 0.15) is 23.5 Å². The molecule has 1 aliphatic heterocycles. The number of β-amino-alcohol motifs (C(OH)–C–C–N with tert-alkyl or cyclic N) is 1. The molecule has 3 heterocycles. The maximum atomic E-state index is 12.9. The molecule has 224 valence electrons. The minimum absolute atomic E-state index is 0.202. The molecule has 1 saturated heterocycles. The molecule has 0 amide bonds. The highest BCUT2D eigenvalue weighted by atomic mass is 32.1. The van der Waals surface area contributed by atoms with E-state index >= 15 is 0 Å². The lowest BCUT2D eigenvalue weighted by molar-refractivity contribution is -0.137. The van der Waals surface area contributed by atoms with Gasteiger partial charge in [-0.15, -0.1) is 11.3 Å². The van der Waals surface area contributed by atoms with Crippen molar-refractivity contribution < 1.29 is 23.0 Å². The first-order valence-corrected chi connectivity index (χ1v) is 15.0. The van der Waals surface area contributed by atoms with Gasteiger partial charge in [-0.05, 0) is 29.8 Å². The van der Waals surface area contributed by atoms with E-state index in [0.29, 0.717) is 24.3 Å². The van der Waals surface area contributed by atoms with Crippen molar-refractivity contribution in [3.63, 3.8) is 0 Å². The van der Waals surface area contributed by atoms with Crippen LogP contribution in [0.25, 0.3) is 31.9 Å². The van der Waals surface area contributed by atoms with Crippen LogP contribution in [-0.2, 0) is 12.6 Å². The number of aromatic amines is 1. The molecule has 2 aromatic heterocycles. The average molecular weight is 608 g/mol. The van der Waals surface area contributed by atoms with Crippen LogP contribution in [0.1, 0.15) is 11.3 Å². The Morgan fingerprint density at radius 3 is 2.42 bits per heavy atom. The molecule has 0 radical (unpaired) electrons. The fourth-order valence-electron chi connectivity index (χ4n) is 5.30. The minimum atomic E-state index is -4.35. The number of nitrogens with zero attached hydrogens (tertiary/aromatic N) is 4. The summed E-state index contributed by atoms with van der Waals surface area (Å²) in [4.78, 5) is 9.35. The molecule has 11 heteroatoms. The third kappa shape index (κ3) is 7.24. The number of rotatable bonds is 10. The van der Waals surface area contributed by atoms with Crippen LogP contribution < -0.4 is 4.74 Å². The maximum absolute atomic E-state index is 12.9. The zero-order valence-corrected chi connectivity index (χ0v) is 24.2. The van der Waals surface area contributed by atoms with E-state index in [9.17, 15) is 18.3 Å². The van der Waals surface area contributed by atoms with Crippen molar-refractivity contribution in [2.45, 2.75) is 18.7 Å². The predicted octanol–water partition coefficient (Wildman–Crippen LogP) is 5.97. The first-order valence-electron chi connectivity index (χ1n) is 14.2. The number of ether oxygens (including phenoxy) is 1. The van der Waals surface area contributed by atoms with Crippen LogP contribution in [0.5, 0.6) is 5.75 Å². The highest BCUT2D eigenvalue weighted by molar-refractivity contribution is 7.21. The largest absolute Gasteiger partial charge is 0.491 e. The van der Waals surface area contributed by atoms with Gasteiger partial charge in [0.2, 0.25) is 0 Å². The van der Waals surface area contributed by atoms with E-state index in [1.807, 2.05) is 48.5 Å². The van der Waals surface area contributed by atoms with Crippen molar-refractivity contribution in [1.82, 2.24) is 25.0 Å². The smallest absolute Gasteiger partial charge is 0.416 e. The van der Waals surface area contributed by atoms with Crippen LogP contribution in [0.2, 0.25) is 0 Å². The number of fused-ring (bicyclic) bond motifs is 1. The zero-order chi connectivity index (χ0) is 29.8. The van der Waals surface area contributed by atoms with Crippen LogP contribution in [-0.4, -0.2) is 82.1 Å². The molecule has 1 atom stereocenters. The van der Waals surface area contributed by atoms with E-state index in [-0.39, 0.29) is 6.61 Å². The predicted molar refractivity (Wildman–Crippen MR) is 162 cm³/mol. The Kier molecular flexibility index (Phi) is 8.75. The lowest BCUT2D eigenvalue weighted by Crippen LogP contribution is -2.49. The Morgan fingerprint density at radius 2 is 1.67 bits per heavy atom. The normalized spacial score (nSPS) is 15.6. The number of aromatic nitrogens is 3. The van der Waals surface area contributed by atoms with Crippen LogP contribution in [0.15, 0.2) is 79.0 Å². The summed E-state index contributed by atoms with van der Waals surface area (Å²) in [6, 6.07) is 21.1. The van der Waals surface area contributed by atoms with Crippen LogP contribution >= 0.6 is 11.3 Å². The SMILES string of the molecule is O[C@H](COc1ccc2sc(-c3ccccc3)nc2c1)CN1CCN(CCc2[nH]ncc2-c2ccc(C(F)(F)F)cc2)CC1. The highest BCUT2D eigenvalue weighted by Gasteiger charge is 2.30. The molecule has 0 bridgehead atoms. The van der Waals surface area contributed by atoms with Gasteiger partial charge in [0.05, 0.1) is 22.0 Å². The molecule has 3 aromatic carbocycles. The van der Waals surface area contributed by atoms with E-state index in [4.69, 9.17) is 9.72 Å². The van der Waals surface area contributed by atoms with E-state index in [0.717, 1.165) is 76.9 Å². The maximum Gasteiger partial charge on any atom is 0.416 e. The lowest BCUT2D eigenvalue weighted by Gasteiger charge is -2.35. The molecular weight excluding hydrogens is 575 g/mol. The minimum Gasteiger partial charge on any atom is -0.491 e. The number of thiazole rings is 1. The summed E-state index contributed by atoms with van der Waals surface area (Å²) in [5, 5.41) is 18.8. The Bertz CT molecular complexity index is 1630. The van der Waals surface area contributed by atoms with Crippen molar-refractivity contribution in [1.29, 1.82) is 0 Å². The van der Waals surface area contributed by atoms with Crippen LogP contribution in [0, 0.1) is 0 Å². The van der Waals surface area contributed by atoms with Crippen molar-refractivity contribution >= 4 is 21.6 Å². The third-order valence-electron chi connectivity index (χ3n) is 7.68. The second-order valence-electron chi connectivity index (χ2n) is 10.7. The molecule has 6 rings (SSSR count). The number of alkyl halides is 3. The van der Waals surface area contributed by atoms with Crippen molar-refractivity contribution in [2.24, 2.45) is 0 Å². The highest BCUT2D eigenvalue weighted by Crippen LogP contribution is 2.33. The second-order valence-corrected chi connectivity index (χ2v) is 11.7. The van der Waals surface area contributed by atoms with Gasteiger partial charge in [-0.25, -0.2) is 4.98 Å². The van der Waals surface area contributed by atoms with Gasteiger partial charge in [0, 0.05) is 68.6 Å². The first kappa shape index (κ1) is 29.3. The fourth-order valence-corrected chi connectivity index (χ4v) is 6.25. The number of aliphatic hydroxyl groups is 1. The summed E-state index contributed by atoms with van der Waals surface area (Å²) in [5.74, 6) is 0.691. The molecular formula is C32H32F3N5O2S.